The van der Waals surface area contributed by atoms with Crippen molar-refractivity contribution < 1.29 is 60.5 Å². The third-order valence-corrected chi connectivity index (χ3v) is 7.55. The van der Waals surface area contributed by atoms with E-state index in [1.807, 2.05) is 28.0 Å². The van der Waals surface area contributed by atoms with Gasteiger partial charge in [-0.2, -0.15) is 26.3 Å². The van der Waals surface area contributed by atoms with Gasteiger partial charge in [0.05, 0.1) is 30.1 Å². The van der Waals surface area contributed by atoms with Gasteiger partial charge in [-0.3, -0.25) is 15.0 Å². The van der Waals surface area contributed by atoms with Gasteiger partial charge in [0.1, 0.15) is 12.1 Å². The maximum atomic E-state index is 13.7. The Morgan fingerprint density at radius 3 is 1.75 bits per heavy atom. The number of carbonyl (C=O) groups is 4. The van der Waals surface area contributed by atoms with Crippen molar-refractivity contribution >= 4 is 46.6 Å². The molecule has 7 N–H and O–H groups in total. The third-order valence-electron chi connectivity index (χ3n) is 6.83. The number of alkyl carbamates (subject to hydrolysis) is 1. The summed E-state index contributed by atoms with van der Waals surface area (Å²) >= 11 is 2.00. The van der Waals surface area contributed by atoms with Crippen LogP contribution in [-0.2, 0) is 20.7 Å². The number of hydrogen-bond donors (Lipinski definition) is 7. The van der Waals surface area contributed by atoms with Gasteiger partial charge in [0, 0.05) is 10.1 Å². The molecule has 0 fully saturated rings. The quantitative estimate of drug-likeness (QED) is 0.0913. The maximum absolute atomic E-state index is 13.7. The summed E-state index contributed by atoms with van der Waals surface area (Å²) in [6.07, 6.45) is -15.2. The van der Waals surface area contributed by atoms with Gasteiger partial charge in [0.2, 0.25) is 5.91 Å². The van der Waals surface area contributed by atoms with E-state index in [2.05, 4.69) is 15.5 Å². The topological polar surface area (TPSA) is 178 Å². The van der Waals surface area contributed by atoms with E-state index in [1.165, 1.54) is 0 Å². The van der Waals surface area contributed by atoms with Crippen molar-refractivity contribution in [3.8, 4) is 0 Å². The minimum absolute atomic E-state index is 0.195. The number of hydrazine groups is 1. The molecule has 0 aliphatic carbocycles. The molecule has 0 saturated carbocycles. The lowest BCUT2D eigenvalue weighted by Gasteiger charge is -2.36. The van der Waals surface area contributed by atoms with E-state index < -0.39 is 78.0 Å². The number of alkyl halides is 6. The van der Waals surface area contributed by atoms with Crippen LogP contribution in [0.1, 0.15) is 33.3 Å². The molecule has 19 heteroatoms. The predicted molar refractivity (Wildman–Crippen MR) is 151 cm³/mol. The Morgan fingerprint density at radius 1 is 0.841 bits per heavy atom. The standard InChI is InChI=1S/C25H34F6IN5O7/c1-22(2,24(26,27)28)16(35-20(41)42)18(39)34-14(10-12-6-8-13(32)9-7-12)15(38)11-33-37-19(40)17(36-21(43)44-5)23(3,4)25(29,30)31/h6-9,14-17,33,35,38H,10-11H2,1-5H3,(H,34,39)(H,36,43)(H,37,40)(H,41,42). The zero-order chi connectivity index (χ0) is 34.3. The van der Waals surface area contributed by atoms with E-state index in [0.29, 0.717) is 33.3 Å². The van der Waals surface area contributed by atoms with Crippen LogP contribution in [0.5, 0.6) is 0 Å². The second kappa shape index (κ2) is 15.3. The van der Waals surface area contributed by atoms with Gasteiger partial charge in [0.15, 0.2) is 0 Å². The van der Waals surface area contributed by atoms with Crippen LogP contribution in [0.3, 0.4) is 0 Å². The Balaban J connectivity index is 3.23. The fourth-order valence-corrected chi connectivity index (χ4v) is 4.02. The molecular formula is C25H34F6IN5O7. The minimum Gasteiger partial charge on any atom is -0.465 e. The third kappa shape index (κ3) is 10.5. The van der Waals surface area contributed by atoms with Crippen LogP contribution >= 0.6 is 22.6 Å². The number of carbonyl (C=O) groups excluding carboxylic acids is 3. The van der Waals surface area contributed by atoms with Gasteiger partial charge in [-0.15, -0.1) is 0 Å². The fourth-order valence-electron chi connectivity index (χ4n) is 3.66. The average molecular weight is 757 g/mol. The maximum Gasteiger partial charge on any atom is 0.407 e. The van der Waals surface area contributed by atoms with E-state index >= 15 is 0 Å². The molecule has 0 aromatic heterocycles. The number of aliphatic hydroxyl groups excluding tert-OH is 1. The Hall–Kier alpha value is -3.07. The van der Waals surface area contributed by atoms with Gasteiger partial charge in [-0.25, -0.2) is 15.0 Å². The number of nitrogens with one attached hydrogen (secondary N) is 5. The van der Waals surface area contributed by atoms with Crippen LogP contribution in [0, 0.1) is 14.4 Å². The lowest BCUT2D eigenvalue weighted by molar-refractivity contribution is -0.221. The van der Waals surface area contributed by atoms with E-state index in [4.69, 9.17) is 5.11 Å². The normalized spacial score (nSPS) is 15.3. The van der Waals surface area contributed by atoms with E-state index in [1.54, 1.807) is 34.9 Å². The van der Waals surface area contributed by atoms with Crippen molar-refractivity contribution in [1.82, 2.24) is 26.8 Å². The lowest BCUT2D eigenvalue weighted by atomic mass is 9.82. The molecule has 250 valence electrons. The Bertz CT molecular complexity index is 1170. The summed E-state index contributed by atoms with van der Waals surface area (Å²) in [5.74, 6) is -2.82. The summed E-state index contributed by atoms with van der Waals surface area (Å²) in [5.41, 5.74) is -1.09. The van der Waals surface area contributed by atoms with E-state index in [0.717, 1.165) is 10.7 Å². The Morgan fingerprint density at radius 2 is 1.32 bits per heavy atom. The summed E-state index contributed by atoms with van der Waals surface area (Å²) in [6.45, 7) is 1.85. The number of hydrogen-bond acceptors (Lipinski definition) is 7. The zero-order valence-corrected chi connectivity index (χ0v) is 26.3. The second-order valence-corrected chi connectivity index (χ2v) is 12.0. The first-order valence-corrected chi connectivity index (χ1v) is 13.8. The highest BCUT2D eigenvalue weighted by Gasteiger charge is 2.57. The molecule has 4 amide bonds. The Kier molecular flexibility index (Phi) is 13.5. The zero-order valence-electron chi connectivity index (χ0n) is 24.1. The summed E-state index contributed by atoms with van der Waals surface area (Å²) < 4.78 is 87.1. The van der Waals surface area contributed by atoms with Crippen molar-refractivity contribution in [3.05, 3.63) is 33.4 Å². The molecular weight excluding hydrogens is 723 g/mol. The minimum atomic E-state index is -5.04. The lowest BCUT2D eigenvalue weighted by Crippen LogP contribution is -2.63. The van der Waals surface area contributed by atoms with E-state index in [9.17, 15) is 50.6 Å². The first-order chi connectivity index (χ1) is 19.9. The molecule has 4 unspecified atom stereocenters. The number of benzene rings is 1. The summed E-state index contributed by atoms with van der Waals surface area (Å²) in [4.78, 5) is 48.6. The highest BCUT2D eigenvalue weighted by Crippen LogP contribution is 2.41. The molecule has 44 heavy (non-hydrogen) atoms. The number of aliphatic hydroxyl groups is 1. The molecule has 0 heterocycles. The molecule has 0 aliphatic rings. The van der Waals surface area contributed by atoms with Crippen LogP contribution in [0.25, 0.3) is 0 Å². The van der Waals surface area contributed by atoms with Crippen LogP contribution in [0.2, 0.25) is 0 Å². The van der Waals surface area contributed by atoms with Crippen molar-refractivity contribution in [1.29, 1.82) is 0 Å². The fraction of sp³-hybridized carbons (Fsp3) is 0.600. The van der Waals surface area contributed by atoms with Crippen molar-refractivity contribution in [2.24, 2.45) is 10.8 Å². The molecule has 0 saturated heterocycles. The Labute approximate surface area is 262 Å². The van der Waals surface area contributed by atoms with E-state index in [-0.39, 0.29) is 6.42 Å². The highest BCUT2D eigenvalue weighted by atomic mass is 127. The van der Waals surface area contributed by atoms with Crippen molar-refractivity contribution in [2.75, 3.05) is 13.7 Å². The smallest absolute Gasteiger partial charge is 0.407 e. The molecule has 0 spiro atoms. The van der Waals surface area contributed by atoms with Crippen LogP contribution in [0.15, 0.2) is 24.3 Å². The molecule has 0 aliphatic heterocycles. The molecule has 0 radical (unpaired) electrons. The van der Waals surface area contributed by atoms with Gasteiger partial charge < -0.3 is 30.9 Å². The molecule has 1 aromatic rings. The van der Waals surface area contributed by atoms with Gasteiger partial charge >= 0.3 is 24.5 Å². The van der Waals surface area contributed by atoms with Crippen molar-refractivity contribution in [3.63, 3.8) is 0 Å². The first-order valence-electron chi connectivity index (χ1n) is 12.7. The monoisotopic (exact) mass is 757 g/mol. The summed E-state index contributed by atoms with van der Waals surface area (Å²) in [6, 6.07) is 0.555. The average Bonchev–Trinajstić information content (AvgIpc) is 2.89. The molecule has 4 atom stereocenters. The number of methoxy groups -OCH3 is 1. The van der Waals surface area contributed by atoms with Gasteiger partial charge in [0.25, 0.3) is 5.91 Å². The van der Waals surface area contributed by atoms with Crippen LogP contribution in [-0.4, -0.2) is 84.5 Å². The number of rotatable bonds is 13. The predicted octanol–water partition coefficient (Wildman–Crippen LogP) is 2.84. The highest BCUT2D eigenvalue weighted by molar-refractivity contribution is 14.1. The second-order valence-electron chi connectivity index (χ2n) is 10.8. The summed E-state index contributed by atoms with van der Waals surface area (Å²) in [5, 5.41) is 25.5. The molecule has 0 bridgehead atoms. The largest absolute Gasteiger partial charge is 0.465 e. The first kappa shape index (κ1) is 39.0. The van der Waals surface area contributed by atoms with Gasteiger partial charge in [-0.1, -0.05) is 12.1 Å². The van der Waals surface area contributed by atoms with Crippen molar-refractivity contribution in [2.45, 2.75) is 70.7 Å². The molecule has 1 rings (SSSR count). The molecule has 1 aromatic carbocycles. The van der Waals surface area contributed by atoms with Crippen LogP contribution in [0.4, 0.5) is 35.9 Å². The van der Waals surface area contributed by atoms with Gasteiger partial charge in [-0.05, 0) is 74.4 Å². The summed E-state index contributed by atoms with van der Waals surface area (Å²) in [7, 11) is 0.869. The number of carboxylic acid groups (broad SMARTS) is 1. The number of ether oxygens (including phenoxy) is 1. The number of halogens is 7. The number of amides is 4. The van der Waals surface area contributed by atoms with Crippen LogP contribution < -0.4 is 26.8 Å². The SMILES string of the molecule is COC(=O)NC(C(=O)NNCC(O)C(Cc1ccc(I)cc1)NC(=O)C(NC(=O)O)C(C)(C)C(F)(F)F)C(C)(C)C(F)(F)F. The molecule has 12 nitrogen and oxygen atoms in total.